The summed E-state index contributed by atoms with van der Waals surface area (Å²) in [7, 11) is 0. The first-order chi connectivity index (χ1) is 9.81. The Morgan fingerprint density at radius 3 is 2.85 bits per heavy atom. The first-order valence-electron chi connectivity index (χ1n) is 6.85. The highest BCUT2D eigenvalue weighted by molar-refractivity contribution is 7.13. The molecule has 1 aromatic heterocycles. The quantitative estimate of drug-likeness (QED) is 0.888. The number of benzene rings is 1. The van der Waals surface area contributed by atoms with Crippen molar-refractivity contribution in [3.8, 4) is 10.6 Å². The maximum atomic E-state index is 11.5. The highest BCUT2D eigenvalue weighted by atomic mass is 32.1. The van der Waals surface area contributed by atoms with E-state index in [0.717, 1.165) is 35.5 Å². The third-order valence-electron chi connectivity index (χ3n) is 3.15. The minimum absolute atomic E-state index is 0.0639. The summed E-state index contributed by atoms with van der Waals surface area (Å²) in [5, 5.41) is 8.86. The molecule has 0 spiro atoms. The van der Waals surface area contributed by atoms with Crippen molar-refractivity contribution in [1.29, 1.82) is 0 Å². The molecule has 4 nitrogen and oxygen atoms in total. The summed E-state index contributed by atoms with van der Waals surface area (Å²) < 4.78 is 0. The number of rotatable bonds is 5. The van der Waals surface area contributed by atoms with Crippen LogP contribution >= 0.6 is 11.3 Å². The zero-order valence-electron chi connectivity index (χ0n) is 11.1. The molecule has 0 unspecified atom stereocenters. The summed E-state index contributed by atoms with van der Waals surface area (Å²) in [5.74, 6) is 0. The van der Waals surface area contributed by atoms with E-state index in [-0.39, 0.29) is 6.03 Å². The van der Waals surface area contributed by atoms with Crippen LogP contribution in [0.2, 0.25) is 0 Å². The number of nitrogens with one attached hydrogen (secondary N) is 2. The Balaban J connectivity index is 1.48. The maximum absolute atomic E-state index is 11.5. The van der Waals surface area contributed by atoms with Gasteiger partial charge in [0, 0.05) is 30.0 Å². The van der Waals surface area contributed by atoms with Crippen molar-refractivity contribution >= 4 is 17.4 Å². The van der Waals surface area contributed by atoms with Gasteiger partial charge in [-0.25, -0.2) is 9.78 Å². The van der Waals surface area contributed by atoms with Crippen LogP contribution in [0.25, 0.3) is 10.6 Å². The van der Waals surface area contributed by atoms with E-state index in [4.69, 9.17) is 0 Å². The number of carbonyl (C=O) groups excluding carboxylic acids is 1. The number of hydrogen-bond acceptors (Lipinski definition) is 3. The molecule has 0 bridgehead atoms. The largest absolute Gasteiger partial charge is 0.338 e. The molecule has 0 saturated heterocycles. The number of thiazole rings is 1. The standard InChI is InChI=1S/C15H17N3OS/c19-15(18-12-6-7-12)16-9-8-13-10-20-14(17-13)11-4-2-1-3-5-11/h1-5,10,12H,6-9H2,(H2,16,18,19). The highest BCUT2D eigenvalue weighted by Crippen LogP contribution is 2.23. The van der Waals surface area contributed by atoms with E-state index in [2.05, 4.69) is 33.1 Å². The molecule has 1 aliphatic rings. The van der Waals surface area contributed by atoms with E-state index >= 15 is 0 Å². The van der Waals surface area contributed by atoms with Gasteiger partial charge < -0.3 is 10.6 Å². The van der Waals surface area contributed by atoms with E-state index < -0.39 is 0 Å². The number of urea groups is 1. The monoisotopic (exact) mass is 287 g/mol. The minimum atomic E-state index is -0.0639. The fraction of sp³-hybridized carbons (Fsp3) is 0.333. The molecule has 104 valence electrons. The van der Waals surface area contributed by atoms with Crippen LogP contribution in [-0.4, -0.2) is 23.6 Å². The maximum Gasteiger partial charge on any atom is 0.315 e. The van der Waals surface area contributed by atoms with Crippen molar-refractivity contribution in [3.63, 3.8) is 0 Å². The first-order valence-corrected chi connectivity index (χ1v) is 7.73. The summed E-state index contributed by atoms with van der Waals surface area (Å²) in [5.41, 5.74) is 2.17. The summed E-state index contributed by atoms with van der Waals surface area (Å²) >= 11 is 1.64. The molecular weight excluding hydrogens is 270 g/mol. The Morgan fingerprint density at radius 2 is 2.10 bits per heavy atom. The van der Waals surface area contributed by atoms with E-state index in [9.17, 15) is 4.79 Å². The Bertz CT molecular complexity index is 578. The van der Waals surface area contributed by atoms with Crippen molar-refractivity contribution in [1.82, 2.24) is 15.6 Å². The van der Waals surface area contributed by atoms with Crippen molar-refractivity contribution in [2.24, 2.45) is 0 Å². The van der Waals surface area contributed by atoms with Gasteiger partial charge in [0.25, 0.3) is 0 Å². The average Bonchev–Trinajstić information content (AvgIpc) is 3.15. The lowest BCUT2D eigenvalue weighted by atomic mass is 10.2. The van der Waals surface area contributed by atoms with Gasteiger partial charge in [0.05, 0.1) is 5.69 Å². The molecule has 1 aromatic carbocycles. The molecule has 1 saturated carbocycles. The fourth-order valence-corrected chi connectivity index (χ4v) is 2.76. The number of aromatic nitrogens is 1. The Kier molecular flexibility index (Phi) is 3.97. The van der Waals surface area contributed by atoms with Gasteiger partial charge in [-0.15, -0.1) is 11.3 Å². The van der Waals surface area contributed by atoms with Crippen LogP contribution < -0.4 is 10.6 Å². The average molecular weight is 287 g/mol. The normalized spacial score (nSPS) is 14.0. The Morgan fingerprint density at radius 1 is 1.30 bits per heavy atom. The molecule has 2 aromatic rings. The van der Waals surface area contributed by atoms with Crippen LogP contribution in [0.4, 0.5) is 4.79 Å². The second-order valence-electron chi connectivity index (χ2n) is 4.93. The number of carbonyl (C=O) groups is 1. The second-order valence-corrected chi connectivity index (χ2v) is 5.79. The minimum Gasteiger partial charge on any atom is -0.338 e. The van der Waals surface area contributed by atoms with Gasteiger partial charge >= 0.3 is 6.03 Å². The predicted molar refractivity (Wildman–Crippen MR) is 80.8 cm³/mol. The molecule has 2 N–H and O–H groups in total. The lowest BCUT2D eigenvalue weighted by Crippen LogP contribution is -2.37. The highest BCUT2D eigenvalue weighted by Gasteiger charge is 2.22. The molecule has 0 radical (unpaired) electrons. The fourth-order valence-electron chi connectivity index (χ4n) is 1.90. The molecule has 2 amide bonds. The SMILES string of the molecule is O=C(NCCc1csc(-c2ccccc2)n1)NC1CC1. The third kappa shape index (κ3) is 3.57. The molecule has 5 heteroatoms. The molecule has 1 fully saturated rings. The number of amides is 2. The zero-order valence-corrected chi connectivity index (χ0v) is 12.0. The summed E-state index contributed by atoms with van der Waals surface area (Å²) in [4.78, 5) is 16.1. The molecule has 1 heterocycles. The van der Waals surface area contributed by atoms with Crippen LogP contribution in [0.5, 0.6) is 0 Å². The van der Waals surface area contributed by atoms with Crippen molar-refractivity contribution in [3.05, 3.63) is 41.4 Å². The number of nitrogens with zero attached hydrogens (tertiary/aromatic N) is 1. The van der Waals surface area contributed by atoms with Crippen LogP contribution in [0.1, 0.15) is 18.5 Å². The molecule has 0 atom stereocenters. The van der Waals surface area contributed by atoms with Gasteiger partial charge in [0.1, 0.15) is 5.01 Å². The van der Waals surface area contributed by atoms with Gasteiger partial charge in [-0.2, -0.15) is 0 Å². The van der Waals surface area contributed by atoms with Gasteiger partial charge in [0.2, 0.25) is 0 Å². The smallest absolute Gasteiger partial charge is 0.315 e. The van der Waals surface area contributed by atoms with Gasteiger partial charge in [0.15, 0.2) is 0 Å². The van der Waals surface area contributed by atoms with Gasteiger partial charge in [-0.05, 0) is 12.8 Å². The van der Waals surface area contributed by atoms with E-state index in [1.165, 1.54) is 0 Å². The van der Waals surface area contributed by atoms with Crippen molar-refractivity contribution in [2.75, 3.05) is 6.54 Å². The van der Waals surface area contributed by atoms with Crippen molar-refractivity contribution in [2.45, 2.75) is 25.3 Å². The van der Waals surface area contributed by atoms with Crippen LogP contribution in [0.3, 0.4) is 0 Å². The Hall–Kier alpha value is -1.88. The predicted octanol–water partition coefficient (Wildman–Crippen LogP) is 2.81. The van der Waals surface area contributed by atoms with Crippen LogP contribution in [0.15, 0.2) is 35.7 Å². The van der Waals surface area contributed by atoms with E-state index in [0.29, 0.717) is 12.6 Å². The first kappa shape index (κ1) is 13.1. The van der Waals surface area contributed by atoms with E-state index in [1.54, 1.807) is 11.3 Å². The lowest BCUT2D eigenvalue weighted by Gasteiger charge is -2.04. The zero-order chi connectivity index (χ0) is 13.8. The molecule has 0 aliphatic heterocycles. The topological polar surface area (TPSA) is 54.0 Å². The van der Waals surface area contributed by atoms with E-state index in [1.807, 2.05) is 18.2 Å². The van der Waals surface area contributed by atoms with Gasteiger partial charge in [-0.3, -0.25) is 0 Å². The molecular formula is C15H17N3OS. The van der Waals surface area contributed by atoms with Crippen LogP contribution in [0, 0.1) is 0 Å². The lowest BCUT2D eigenvalue weighted by molar-refractivity contribution is 0.240. The summed E-state index contributed by atoms with van der Waals surface area (Å²) in [6.07, 6.45) is 2.99. The summed E-state index contributed by atoms with van der Waals surface area (Å²) in [6, 6.07) is 10.5. The Labute approximate surface area is 122 Å². The van der Waals surface area contributed by atoms with Crippen molar-refractivity contribution < 1.29 is 4.79 Å². The summed E-state index contributed by atoms with van der Waals surface area (Å²) in [6.45, 7) is 0.622. The molecule has 3 rings (SSSR count). The third-order valence-corrected chi connectivity index (χ3v) is 4.09. The van der Waals surface area contributed by atoms with Crippen LogP contribution in [-0.2, 0) is 6.42 Å². The number of hydrogen-bond donors (Lipinski definition) is 2. The van der Waals surface area contributed by atoms with Gasteiger partial charge in [-0.1, -0.05) is 30.3 Å². The molecule has 20 heavy (non-hydrogen) atoms. The molecule has 1 aliphatic carbocycles. The second kappa shape index (κ2) is 6.05.